The van der Waals surface area contributed by atoms with Crippen molar-refractivity contribution in [1.82, 2.24) is 15.3 Å². The number of aromatic nitrogens is 2. The molecule has 0 saturated heterocycles. The quantitative estimate of drug-likeness (QED) is 0.545. The molecular formula is C19H23ClN4O2. The number of halogens is 1. The highest BCUT2D eigenvalue weighted by Crippen LogP contribution is 2.18. The Morgan fingerprint density at radius 3 is 2.77 bits per heavy atom. The maximum absolute atomic E-state index is 11.1. The summed E-state index contributed by atoms with van der Waals surface area (Å²) in [6, 6.07) is 12.2. The second kappa shape index (κ2) is 9.10. The molecule has 3 N–H and O–H groups in total. The number of hydrogen-bond acceptors (Lipinski definition) is 3. The number of fused-ring (bicyclic) bond motifs is 1. The Balaban J connectivity index is 0.00000243. The highest BCUT2D eigenvalue weighted by Gasteiger charge is 2.17. The van der Waals surface area contributed by atoms with Gasteiger partial charge in [0, 0.05) is 36.8 Å². The fourth-order valence-corrected chi connectivity index (χ4v) is 3.02. The molecule has 0 aliphatic rings. The third kappa shape index (κ3) is 4.89. The molecule has 0 fully saturated rings. The molecule has 0 spiro atoms. The molecule has 1 aromatic carbocycles. The minimum atomic E-state index is -1.01. The Morgan fingerprint density at radius 1 is 1.27 bits per heavy atom. The Kier molecular flexibility index (Phi) is 6.86. The van der Waals surface area contributed by atoms with Crippen molar-refractivity contribution in [3.63, 3.8) is 0 Å². The zero-order chi connectivity index (χ0) is 17.6. The molecule has 0 saturated carbocycles. The van der Waals surface area contributed by atoms with Gasteiger partial charge in [0.25, 0.3) is 0 Å². The summed E-state index contributed by atoms with van der Waals surface area (Å²) in [4.78, 5) is 20.3. The highest BCUT2D eigenvalue weighted by atomic mass is 35.5. The van der Waals surface area contributed by atoms with E-state index in [1.165, 1.54) is 10.9 Å². The van der Waals surface area contributed by atoms with Gasteiger partial charge in [-0.3, -0.25) is 4.98 Å². The fraction of sp³-hybridized carbons (Fsp3) is 0.263. The molecule has 138 valence electrons. The molecule has 1 unspecified atom stereocenters. The van der Waals surface area contributed by atoms with Crippen molar-refractivity contribution in [3.8, 4) is 0 Å². The lowest BCUT2D eigenvalue weighted by atomic mass is 10.0. The number of hydrogen-bond donors (Lipinski definition) is 3. The SMILES string of the molecule is CN(c1ccncc1)C(CCCc1ccc2[nH]ccc2c1)NC(=O)O.Cl. The van der Waals surface area contributed by atoms with Crippen LogP contribution in [0.3, 0.4) is 0 Å². The summed E-state index contributed by atoms with van der Waals surface area (Å²) in [5.41, 5.74) is 3.32. The van der Waals surface area contributed by atoms with Crippen LogP contribution < -0.4 is 10.2 Å². The first-order chi connectivity index (χ1) is 12.1. The van der Waals surface area contributed by atoms with Crippen molar-refractivity contribution in [3.05, 3.63) is 60.6 Å². The van der Waals surface area contributed by atoms with Crippen molar-refractivity contribution < 1.29 is 9.90 Å². The van der Waals surface area contributed by atoms with Gasteiger partial charge in [0.1, 0.15) is 6.17 Å². The average molecular weight is 375 g/mol. The Hall–Kier alpha value is -2.73. The van der Waals surface area contributed by atoms with Crippen LogP contribution >= 0.6 is 12.4 Å². The van der Waals surface area contributed by atoms with Gasteiger partial charge in [0.2, 0.25) is 0 Å². The van der Waals surface area contributed by atoms with Gasteiger partial charge in [0.05, 0.1) is 0 Å². The van der Waals surface area contributed by atoms with E-state index in [-0.39, 0.29) is 18.6 Å². The molecule has 0 aliphatic heterocycles. The standard InChI is InChI=1S/C19H22N4O2.ClH/c1-23(16-8-10-20-11-9-16)18(22-19(24)25)4-2-3-14-5-6-17-15(13-14)7-12-21-17;/h5-13,18,21-22H,2-4H2,1H3,(H,24,25);1H. The Morgan fingerprint density at radius 2 is 2.04 bits per heavy atom. The topological polar surface area (TPSA) is 81.2 Å². The Bertz CT molecular complexity index is 838. The predicted molar refractivity (Wildman–Crippen MR) is 106 cm³/mol. The van der Waals surface area contributed by atoms with Gasteiger partial charge in [-0.25, -0.2) is 4.79 Å². The average Bonchev–Trinajstić information content (AvgIpc) is 3.08. The van der Waals surface area contributed by atoms with E-state index in [9.17, 15) is 4.79 Å². The number of anilines is 1. The van der Waals surface area contributed by atoms with Crippen LogP contribution in [0.4, 0.5) is 10.5 Å². The van der Waals surface area contributed by atoms with Crippen LogP contribution in [0.5, 0.6) is 0 Å². The van der Waals surface area contributed by atoms with Crippen LogP contribution in [-0.2, 0) is 6.42 Å². The molecule has 2 heterocycles. The predicted octanol–water partition coefficient (Wildman–Crippen LogP) is 4.04. The van der Waals surface area contributed by atoms with Crippen LogP contribution in [-0.4, -0.2) is 34.4 Å². The maximum Gasteiger partial charge on any atom is 0.406 e. The second-order valence-electron chi connectivity index (χ2n) is 6.07. The highest BCUT2D eigenvalue weighted by molar-refractivity contribution is 5.85. The van der Waals surface area contributed by atoms with Gasteiger partial charge in [0.15, 0.2) is 0 Å². The number of pyridine rings is 1. The number of aryl methyl sites for hydroxylation is 1. The van der Waals surface area contributed by atoms with Crippen LogP contribution in [0.2, 0.25) is 0 Å². The number of aromatic amines is 1. The minimum Gasteiger partial charge on any atom is -0.465 e. The lowest BCUT2D eigenvalue weighted by Gasteiger charge is -2.29. The van der Waals surface area contributed by atoms with Gasteiger partial charge >= 0.3 is 6.09 Å². The first-order valence-corrected chi connectivity index (χ1v) is 8.32. The summed E-state index contributed by atoms with van der Waals surface area (Å²) in [5.74, 6) is 0. The molecule has 3 rings (SSSR count). The van der Waals surface area contributed by atoms with E-state index in [1.807, 2.05) is 30.3 Å². The first kappa shape index (κ1) is 19.6. The fourth-order valence-electron chi connectivity index (χ4n) is 3.02. The first-order valence-electron chi connectivity index (χ1n) is 8.32. The largest absolute Gasteiger partial charge is 0.465 e. The molecule has 3 aromatic rings. The van der Waals surface area contributed by atoms with Crippen LogP contribution in [0.1, 0.15) is 18.4 Å². The van der Waals surface area contributed by atoms with Gasteiger partial charge < -0.3 is 20.3 Å². The van der Waals surface area contributed by atoms with E-state index >= 15 is 0 Å². The monoisotopic (exact) mass is 374 g/mol. The number of carboxylic acid groups (broad SMARTS) is 1. The molecule has 26 heavy (non-hydrogen) atoms. The van der Waals surface area contributed by atoms with E-state index in [0.29, 0.717) is 0 Å². The molecule has 7 heteroatoms. The molecule has 6 nitrogen and oxygen atoms in total. The maximum atomic E-state index is 11.1. The molecule has 0 aliphatic carbocycles. The second-order valence-corrected chi connectivity index (χ2v) is 6.07. The number of nitrogens with zero attached hydrogens (tertiary/aromatic N) is 2. The number of nitrogens with one attached hydrogen (secondary N) is 2. The molecule has 1 amide bonds. The third-order valence-corrected chi connectivity index (χ3v) is 4.39. The van der Waals surface area contributed by atoms with Gasteiger partial charge in [-0.2, -0.15) is 0 Å². The van der Waals surface area contributed by atoms with Crippen LogP contribution in [0, 0.1) is 0 Å². The number of H-pyrrole nitrogens is 1. The number of rotatable bonds is 7. The number of carbonyl (C=O) groups is 1. The summed E-state index contributed by atoms with van der Waals surface area (Å²) in [6.07, 6.45) is 6.56. The smallest absolute Gasteiger partial charge is 0.406 e. The van der Waals surface area contributed by atoms with Gasteiger partial charge in [-0.05, 0) is 60.5 Å². The Labute approximate surface area is 158 Å². The zero-order valence-electron chi connectivity index (χ0n) is 14.6. The zero-order valence-corrected chi connectivity index (χ0v) is 15.4. The molecule has 1 atom stereocenters. The van der Waals surface area contributed by atoms with Crippen molar-refractivity contribution in [2.45, 2.75) is 25.4 Å². The lowest BCUT2D eigenvalue weighted by Crippen LogP contribution is -2.46. The van der Waals surface area contributed by atoms with Crippen molar-refractivity contribution in [2.24, 2.45) is 0 Å². The molecule has 2 aromatic heterocycles. The summed E-state index contributed by atoms with van der Waals surface area (Å²) < 4.78 is 0. The van der Waals surface area contributed by atoms with Crippen LogP contribution in [0.15, 0.2) is 55.0 Å². The van der Waals surface area contributed by atoms with E-state index in [0.717, 1.165) is 30.5 Å². The van der Waals surface area contributed by atoms with E-state index in [4.69, 9.17) is 5.11 Å². The number of amides is 1. The summed E-state index contributed by atoms with van der Waals surface area (Å²) in [5, 5.41) is 12.9. The van der Waals surface area contributed by atoms with E-state index < -0.39 is 6.09 Å². The summed E-state index contributed by atoms with van der Waals surface area (Å²) in [6.45, 7) is 0. The van der Waals surface area contributed by atoms with E-state index in [1.54, 1.807) is 12.4 Å². The lowest BCUT2D eigenvalue weighted by molar-refractivity contribution is 0.188. The van der Waals surface area contributed by atoms with E-state index in [2.05, 4.69) is 39.6 Å². The summed E-state index contributed by atoms with van der Waals surface area (Å²) in [7, 11) is 1.89. The molecule has 0 radical (unpaired) electrons. The number of benzene rings is 1. The third-order valence-electron chi connectivity index (χ3n) is 4.39. The van der Waals surface area contributed by atoms with Crippen molar-refractivity contribution >= 4 is 35.1 Å². The van der Waals surface area contributed by atoms with Gasteiger partial charge in [-0.15, -0.1) is 12.4 Å². The van der Waals surface area contributed by atoms with Crippen LogP contribution in [0.25, 0.3) is 10.9 Å². The molecule has 0 bridgehead atoms. The summed E-state index contributed by atoms with van der Waals surface area (Å²) >= 11 is 0. The van der Waals surface area contributed by atoms with Crippen molar-refractivity contribution in [2.75, 3.05) is 11.9 Å². The normalized spacial score (nSPS) is 11.6. The molecular weight excluding hydrogens is 352 g/mol. The minimum absolute atomic E-state index is 0. The van der Waals surface area contributed by atoms with Gasteiger partial charge in [-0.1, -0.05) is 6.07 Å². The van der Waals surface area contributed by atoms with Crippen molar-refractivity contribution in [1.29, 1.82) is 0 Å².